The van der Waals surface area contributed by atoms with Gasteiger partial charge in [0, 0.05) is 22.7 Å². The number of nitrogens with zero attached hydrogens (tertiary/aromatic N) is 2. The van der Waals surface area contributed by atoms with Crippen molar-refractivity contribution < 1.29 is 4.42 Å². The number of fused-ring (bicyclic) bond motifs is 1. The highest BCUT2D eigenvalue weighted by atomic mass is 79.9. The average Bonchev–Trinajstić information content (AvgIpc) is 2.84. The van der Waals surface area contributed by atoms with Crippen LogP contribution in [-0.4, -0.2) is 9.97 Å². The van der Waals surface area contributed by atoms with Gasteiger partial charge in [0.05, 0.1) is 0 Å². The van der Waals surface area contributed by atoms with Crippen LogP contribution in [0.2, 0.25) is 0 Å². The molecule has 78 valence electrons. The first-order chi connectivity index (χ1) is 7.33. The van der Waals surface area contributed by atoms with Crippen molar-refractivity contribution in [2.24, 2.45) is 0 Å². The second kappa shape index (κ2) is 3.59. The molecule has 2 heterocycles. The Labute approximate surface area is 96.0 Å². The Bertz CT molecular complexity index is 488. The fraction of sp³-hybridized carbons (Fsp3) is 0.455. The molecule has 1 aliphatic rings. The van der Waals surface area contributed by atoms with Crippen LogP contribution in [0.1, 0.15) is 37.5 Å². The van der Waals surface area contributed by atoms with E-state index in [4.69, 9.17) is 4.42 Å². The largest absolute Gasteiger partial charge is 0.439 e. The van der Waals surface area contributed by atoms with Crippen molar-refractivity contribution in [2.45, 2.75) is 31.6 Å². The smallest absolute Gasteiger partial charge is 0.200 e. The number of aromatic nitrogens is 2. The second-order valence-electron chi connectivity index (χ2n) is 4.01. The molecule has 0 N–H and O–H groups in total. The Morgan fingerprint density at radius 3 is 2.93 bits per heavy atom. The average molecular weight is 267 g/mol. The molecule has 0 saturated heterocycles. The Morgan fingerprint density at radius 1 is 1.33 bits per heavy atom. The van der Waals surface area contributed by atoms with Gasteiger partial charge >= 0.3 is 0 Å². The van der Waals surface area contributed by atoms with Crippen LogP contribution in [0.4, 0.5) is 0 Å². The molecule has 2 aromatic heterocycles. The summed E-state index contributed by atoms with van der Waals surface area (Å²) in [5.74, 6) is 1.38. The minimum atomic E-state index is 0.512. The van der Waals surface area contributed by atoms with Crippen molar-refractivity contribution in [3.05, 3.63) is 22.6 Å². The van der Waals surface area contributed by atoms with Crippen molar-refractivity contribution in [1.29, 1.82) is 0 Å². The molecular weight excluding hydrogens is 256 g/mol. The van der Waals surface area contributed by atoms with Crippen LogP contribution in [0.25, 0.3) is 11.2 Å². The van der Waals surface area contributed by atoms with E-state index in [-0.39, 0.29) is 0 Å². The highest BCUT2D eigenvalue weighted by Crippen LogP contribution is 2.34. The molecule has 1 saturated carbocycles. The third-order valence-electron chi connectivity index (χ3n) is 2.93. The lowest BCUT2D eigenvalue weighted by Crippen LogP contribution is -1.91. The summed E-state index contributed by atoms with van der Waals surface area (Å²) in [5, 5.41) is 0. The van der Waals surface area contributed by atoms with Crippen molar-refractivity contribution in [3.8, 4) is 0 Å². The van der Waals surface area contributed by atoms with Crippen molar-refractivity contribution in [3.63, 3.8) is 0 Å². The van der Waals surface area contributed by atoms with Gasteiger partial charge in [0.25, 0.3) is 0 Å². The SMILES string of the molecule is Brc1cnc2nc(C3CCCC3)oc2c1. The maximum absolute atomic E-state index is 5.73. The Hall–Kier alpha value is -0.900. The van der Waals surface area contributed by atoms with E-state index in [9.17, 15) is 0 Å². The minimum absolute atomic E-state index is 0.512. The quantitative estimate of drug-likeness (QED) is 0.791. The van der Waals surface area contributed by atoms with Crippen LogP contribution in [0, 0.1) is 0 Å². The molecule has 0 aromatic carbocycles. The Morgan fingerprint density at radius 2 is 2.13 bits per heavy atom. The van der Waals surface area contributed by atoms with Crippen LogP contribution in [0.3, 0.4) is 0 Å². The van der Waals surface area contributed by atoms with E-state index >= 15 is 0 Å². The summed E-state index contributed by atoms with van der Waals surface area (Å²) in [6.07, 6.45) is 6.74. The van der Waals surface area contributed by atoms with E-state index in [0.717, 1.165) is 21.6 Å². The van der Waals surface area contributed by atoms with Crippen LogP contribution < -0.4 is 0 Å². The molecule has 1 fully saturated rings. The monoisotopic (exact) mass is 266 g/mol. The van der Waals surface area contributed by atoms with Gasteiger partial charge in [0.2, 0.25) is 0 Å². The van der Waals surface area contributed by atoms with E-state index in [1.807, 2.05) is 6.07 Å². The molecule has 0 atom stereocenters. The molecule has 4 heteroatoms. The lowest BCUT2D eigenvalue weighted by Gasteiger charge is -2.00. The molecule has 0 aliphatic heterocycles. The maximum atomic E-state index is 5.73. The predicted octanol–water partition coefficient (Wildman–Crippen LogP) is 3.64. The highest BCUT2D eigenvalue weighted by molar-refractivity contribution is 9.10. The van der Waals surface area contributed by atoms with E-state index in [0.29, 0.717) is 5.92 Å². The molecule has 0 bridgehead atoms. The second-order valence-corrected chi connectivity index (χ2v) is 4.92. The first-order valence-corrected chi connectivity index (χ1v) is 6.04. The Kier molecular flexibility index (Phi) is 2.24. The van der Waals surface area contributed by atoms with E-state index < -0.39 is 0 Å². The third-order valence-corrected chi connectivity index (χ3v) is 3.37. The first kappa shape index (κ1) is 9.33. The fourth-order valence-corrected chi connectivity index (χ4v) is 2.47. The predicted molar refractivity (Wildman–Crippen MR) is 60.7 cm³/mol. The van der Waals surface area contributed by atoms with E-state index in [2.05, 4.69) is 25.9 Å². The number of oxazole rings is 1. The van der Waals surface area contributed by atoms with Gasteiger partial charge in [-0.2, -0.15) is 4.98 Å². The molecule has 2 aromatic rings. The summed E-state index contributed by atoms with van der Waals surface area (Å²) < 4.78 is 6.66. The van der Waals surface area contributed by atoms with Gasteiger partial charge in [0.1, 0.15) is 0 Å². The van der Waals surface area contributed by atoms with Crippen LogP contribution in [0.15, 0.2) is 21.2 Å². The topological polar surface area (TPSA) is 38.9 Å². The number of rotatable bonds is 1. The zero-order valence-electron chi connectivity index (χ0n) is 8.24. The normalized spacial score (nSPS) is 17.7. The lowest BCUT2D eigenvalue weighted by molar-refractivity contribution is 0.474. The van der Waals surface area contributed by atoms with Crippen LogP contribution >= 0.6 is 15.9 Å². The van der Waals surface area contributed by atoms with Gasteiger partial charge in [-0.05, 0) is 28.8 Å². The van der Waals surface area contributed by atoms with Gasteiger partial charge in [0.15, 0.2) is 17.1 Å². The van der Waals surface area contributed by atoms with Crippen LogP contribution in [0.5, 0.6) is 0 Å². The summed E-state index contributed by atoms with van der Waals surface area (Å²) >= 11 is 3.37. The third kappa shape index (κ3) is 1.67. The standard InChI is InChI=1S/C11H11BrN2O/c12-8-5-9-10(13-6-8)14-11(15-9)7-3-1-2-4-7/h5-7H,1-4H2. The first-order valence-electron chi connectivity index (χ1n) is 5.25. The zero-order chi connectivity index (χ0) is 10.3. The van der Waals surface area contributed by atoms with E-state index in [1.54, 1.807) is 6.20 Å². The van der Waals surface area contributed by atoms with Gasteiger partial charge in [-0.15, -0.1) is 0 Å². The zero-order valence-corrected chi connectivity index (χ0v) is 9.83. The summed E-state index contributed by atoms with van der Waals surface area (Å²) in [6.45, 7) is 0. The molecule has 1 aliphatic carbocycles. The number of hydrogen-bond donors (Lipinski definition) is 0. The summed E-state index contributed by atoms with van der Waals surface area (Å²) in [7, 11) is 0. The molecule has 3 rings (SSSR count). The van der Waals surface area contributed by atoms with Gasteiger partial charge in [-0.1, -0.05) is 12.8 Å². The Balaban J connectivity index is 2.05. The maximum Gasteiger partial charge on any atom is 0.200 e. The van der Waals surface area contributed by atoms with E-state index in [1.165, 1.54) is 25.7 Å². The molecule has 0 spiro atoms. The molecule has 0 amide bonds. The molecule has 0 unspecified atom stereocenters. The lowest BCUT2D eigenvalue weighted by atomic mass is 10.1. The molecule has 0 radical (unpaired) electrons. The highest BCUT2D eigenvalue weighted by Gasteiger charge is 2.22. The number of hydrogen-bond acceptors (Lipinski definition) is 3. The fourth-order valence-electron chi connectivity index (χ4n) is 2.16. The van der Waals surface area contributed by atoms with Crippen molar-refractivity contribution in [1.82, 2.24) is 9.97 Å². The minimum Gasteiger partial charge on any atom is -0.439 e. The van der Waals surface area contributed by atoms with Gasteiger partial charge < -0.3 is 4.42 Å². The molecule has 3 nitrogen and oxygen atoms in total. The van der Waals surface area contributed by atoms with Crippen LogP contribution in [-0.2, 0) is 0 Å². The summed E-state index contributed by atoms with van der Waals surface area (Å²) in [5.41, 5.74) is 1.51. The molecular formula is C11H11BrN2O. The summed E-state index contributed by atoms with van der Waals surface area (Å²) in [4.78, 5) is 8.66. The van der Waals surface area contributed by atoms with Gasteiger partial charge in [-0.25, -0.2) is 4.98 Å². The summed E-state index contributed by atoms with van der Waals surface area (Å²) in [6, 6.07) is 1.92. The van der Waals surface area contributed by atoms with Crippen molar-refractivity contribution in [2.75, 3.05) is 0 Å². The number of halogens is 1. The van der Waals surface area contributed by atoms with Crippen molar-refractivity contribution >= 4 is 27.2 Å². The van der Waals surface area contributed by atoms with Gasteiger partial charge in [-0.3, -0.25) is 0 Å². The number of pyridine rings is 1. The molecule has 15 heavy (non-hydrogen) atoms.